The van der Waals surface area contributed by atoms with Crippen molar-refractivity contribution in [3.8, 4) is 0 Å². The smallest absolute Gasteiger partial charge is 0.247 e. The van der Waals surface area contributed by atoms with Crippen LogP contribution in [0.25, 0.3) is 0 Å². The predicted octanol–water partition coefficient (Wildman–Crippen LogP) is 3.24. The summed E-state index contributed by atoms with van der Waals surface area (Å²) in [5, 5.41) is -0.1000. The zero-order chi connectivity index (χ0) is 13.7. The normalized spacial score (nSPS) is 23.9. The molecule has 100 valence electrons. The van der Waals surface area contributed by atoms with Crippen LogP contribution in [0.15, 0.2) is 54.6 Å². The molecule has 2 aliphatic heterocycles. The molecule has 0 bridgehead atoms. The number of carbonyl (C=O) groups excluding carboxylic acids is 1. The second kappa shape index (κ2) is 4.28. The van der Waals surface area contributed by atoms with Gasteiger partial charge in [-0.3, -0.25) is 9.69 Å². The summed E-state index contributed by atoms with van der Waals surface area (Å²) in [6.07, 6.45) is 0. The highest BCUT2D eigenvalue weighted by Crippen LogP contribution is 2.52. The van der Waals surface area contributed by atoms with Crippen LogP contribution in [0.2, 0.25) is 0 Å². The van der Waals surface area contributed by atoms with E-state index in [0.717, 1.165) is 16.9 Å². The number of nitrogens with zero attached hydrogens (tertiary/aromatic N) is 2. The minimum absolute atomic E-state index is 0.0742. The fourth-order valence-corrected chi connectivity index (χ4v) is 4.34. The quantitative estimate of drug-likeness (QED) is 0.802. The van der Waals surface area contributed by atoms with E-state index in [1.54, 1.807) is 11.8 Å². The fraction of sp³-hybridized carbons (Fsp3) is 0.188. The summed E-state index contributed by atoms with van der Waals surface area (Å²) >= 11 is 1.71. The molecule has 0 aromatic heterocycles. The van der Waals surface area contributed by atoms with Gasteiger partial charge in [0.2, 0.25) is 5.91 Å². The number of fused-ring (bicyclic) bond motifs is 3. The highest BCUT2D eigenvalue weighted by Gasteiger charge is 2.48. The third-order valence-corrected chi connectivity index (χ3v) is 5.41. The number of carbonyl (C=O) groups is 1. The van der Waals surface area contributed by atoms with Gasteiger partial charge >= 0.3 is 0 Å². The summed E-state index contributed by atoms with van der Waals surface area (Å²) in [6, 6.07) is 18.1. The van der Waals surface area contributed by atoms with E-state index in [4.69, 9.17) is 0 Å². The number of anilines is 2. The van der Waals surface area contributed by atoms with Crippen LogP contribution in [0.5, 0.6) is 0 Å². The maximum atomic E-state index is 12.8. The predicted molar refractivity (Wildman–Crippen MR) is 82.9 cm³/mol. The van der Waals surface area contributed by atoms with E-state index in [2.05, 4.69) is 18.0 Å². The van der Waals surface area contributed by atoms with Gasteiger partial charge in [0, 0.05) is 7.05 Å². The molecule has 1 fully saturated rings. The molecule has 0 N–H and O–H groups in total. The summed E-state index contributed by atoms with van der Waals surface area (Å²) in [5.74, 6) is 0.183. The van der Waals surface area contributed by atoms with Crippen LogP contribution >= 0.6 is 11.8 Å². The molecule has 4 rings (SSSR count). The summed E-state index contributed by atoms with van der Waals surface area (Å²) in [4.78, 5) is 16.9. The molecule has 2 heterocycles. The van der Waals surface area contributed by atoms with Crippen molar-refractivity contribution in [1.29, 1.82) is 0 Å². The first kappa shape index (κ1) is 11.9. The van der Waals surface area contributed by atoms with Gasteiger partial charge in [-0.25, -0.2) is 0 Å². The molecule has 0 saturated carbocycles. The van der Waals surface area contributed by atoms with Crippen molar-refractivity contribution >= 4 is 29.0 Å². The molecule has 2 aromatic rings. The van der Waals surface area contributed by atoms with Crippen molar-refractivity contribution in [3.63, 3.8) is 0 Å². The maximum Gasteiger partial charge on any atom is 0.247 e. The Morgan fingerprint density at radius 2 is 1.60 bits per heavy atom. The monoisotopic (exact) mass is 282 g/mol. The lowest BCUT2D eigenvalue weighted by Gasteiger charge is -2.20. The van der Waals surface area contributed by atoms with Crippen molar-refractivity contribution in [1.82, 2.24) is 0 Å². The van der Waals surface area contributed by atoms with Crippen molar-refractivity contribution in [2.75, 3.05) is 16.8 Å². The van der Waals surface area contributed by atoms with Gasteiger partial charge in [0.05, 0.1) is 11.4 Å². The van der Waals surface area contributed by atoms with Gasteiger partial charge in [0.15, 0.2) is 5.50 Å². The van der Waals surface area contributed by atoms with Crippen LogP contribution in [-0.4, -0.2) is 18.5 Å². The molecule has 2 aromatic carbocycles. The third-order valence-electron chi connectivity index (χ3n) is 3.90. The largest absolute Gasteiger partial charge is 0.344 e. The van der Waals surface area contributed by atoms with Crippen LogP contribution < -0.4 is 9.80 Å². The van der Waals surface area contributed by atoms with Crippen LogP contribution in [0.3, 0.4) is 0 Å². The average molecular weight is 282 g/mol. The average Bonchev–Trinajstić information content (AvgIpc) is 2.98. The standard InChI is InChI=1S/C16H14N2OS/c1-17-12-9-5-6-10-13(12)18-15(19)14(20-16(17)18)11-7-3-2-4-8-11/h2-10,14,16H,1H3. The van der Waals surface area contributed by atoms with E-state index in [9.17, 15) is 4.79 Å². The Kier molecular flexibility index (Phi) is 2.54. The number of hydrogen-bond donors (Lipinski definition) is 0. The van der Waals surface area contributed by atoms with Crippen LogP contribution in [0, 0.1) is 0 Å². The van der Waals surface area contributed by atoms with E-state index in [-0.39, 0.29) is 16.7 Å². The number of thioether (sulfide) groups is 1. The van der Waals surface area contributed by atoms with E-state index < -0.39 is 0 Å². The Labute approximate surface area is 122 Å². The minimum atomic E-state index is -0.1000. The zero-order valence-electron chi connectivity index (χ0n) is 11.1. The Hall–Kier alpha value is -1.94. The number of benzene rings is 2. The molecular weight excluding hydrogens is 268 g/mol. The van der Waals surface area contributed by atoms with Gasteiger partial charge < -0.3 is 4.90 Å². The van der Waals surface area contributed by atoms with Gasteiger partial charge in [0.25, 0.3) is 0 Å². The number of rotatable bonds is 1. The summed E-state index contributed by atoms with van der Waals surface area (Å²) in [7, 11) is 2.05. The molecule has 2 unspecified atom stereocenters. The van der Waals surface area contributed by atoms with Crippen LogP contribution in [-0.2, 0) is 4.79 Å². The fourth-order valence-electron chi connectivity index (χ4n) is 2.91. The second-order valence-corrected chi connectivity index (χ2v) is 6.23. The molecule has 4 heteroatoms. The molecule has 2 aliphatic rings. The topological polar surface area (TPSA) is 23.6 Å². The zero-order valence-corrected chi connectivity index (χ0v) is 11.9. The van der Waals surface area contributed by atoms with E-state index in [0.29, 0.717) is 0 Å². The summed E-state index contributed by atoms with van der Waals surface area (Å²) < 4.78 is 0. The molecule has 0 radical (unpaired) electrons. The molecular formula is C16H14N2OS. The third kappa shape index (κ3) is 1.51. The van der Waals surface area contributed by atoms with Crippen molar-refractivity contribution in [3.05, 3.63) is 60.2 Å². The van der Waals surface area contributed by atoms with Crippen LogP contribution in [0.1, 0.15) is 10.8 Å². The first-order valence-electron chi connectivity index (χ1n) is 6.63. The van der Waals surface area contributed by atoms with Crippen LogP contribution in [0.4, 0.5) is 11.4 Å². The molecule has 3 nitrogen and oxygen atoms in total. The van der Waals surface area contributed by atoms with Gasteiger partial charge in [-0.1, -0.05) is 54.2 Å². The minimum Gasteiger partial charge on any atom is -0.344 e. The Morgan fingerprint density at radius 3 is 2.35 bits per heavy atom. The number of para-hydroxylation sites is 2. The molecule has 1 saturated heterocycles. The van der Waals surface area contributed by atoms with Gasteiger partial charge in [-0.05, 0) is 17.7 Å². The van der Waals surface area contributed by atoms with Crippen molar-refractivity contribution in [2.24, 2.45) is 0 Å². The van der Waals surface area contributed by atoms with E-state index >= 15 is 0 Å². The number of amides is 1. The number of hydrogen-bond acceptors (Lipinski definition) is 3. The van der Waals surface area contributed by atoms with Gasteiger partial charge in [-0.15, -0.1) is 0 Å². The van der Waals surface area contributed by atoms with E-state index in [1.165, 1.54) is 0 Å². The van der Waals surface area contributed by atoms with Gasteiger partial charge in [0.1, 0.15) is 5.25 Å². The highest BCUT2D eigenvalue weighted by molar-refractivity contribution is 8.01. The second-order valence-electron chi connectivity index (χ2n) is 5.06. The highest BCUT2D eigenvalue weighted by atomic mass is 32.2. The summed E-state index contributed by atoms with van der Waals surface area (Å²) in [5.41, 5.74) is 3.31. The maximum absolute atomic E-state index is 12.8. The lowest BCUT2D eigenvalue weighted by atomic mass is 10.1. The SMILES string of the molecule is CN1c2ccccc2N2C(=O)C(c3ccccc3)SC12. The van der Waals surface area contributed by atoms with Crippen molar-refractivity contribution < 1.29 is 4.79 Å². The lowest BCUT2D eigenvalue weighted by molar-refractivity contribution is -0.117. The Bertz CT molecular complexity index is 673. The molecule has 0 aliphatic carbocycles. The Balaban J connectivity index is 1.76. The van der Waals surface area contributed by atoms with Crippen molar-refractivity contribution in [2.45, 2.75) is 10.7 Å². The molecule has 1 amide bonds. The first-order chi connectivity index (χ1) is 9.77. The lowest BCUT2D eigenvalue weighted by Crippen LogP contribution is -2.36. The first-order valence-corrected chi connectivity index (χ1v) is 7.57. The van der Waals surface area contributed by atoms with E-state index in [1.807, 2.05) is 53.4 Å². The van der Waals surface area contributed by atoms with Gasteiger partial charge in [-0.2, -0.15) is 0 Å². The molecule has 2 atom stereocenters. The molecule has 0 spiro atoms. The Morgan fingerprint density at radius 1 is 0.950 bits per heavy atom. The summed E-state index contributed by atoms with van der Waals surface area (Å²) in [6.45, 7) is 0. The molecule has 20 heavy (non-hydrogen) atoms.